The van der Waals surface area contributed by atoms with Gasteiger partial charge in [-0.25, -0.2) is 13.9 Å². The van der Waals surface area contributed by atoms with Gasteiger partial charge in [0, 0.05) is 17.2 Å². The number of aromatic nitrogens is 3. The molecule has 4 aromatic rings. The summed E-state index contributed by atoms with van der Waals surface area (Å²) in [5.41, 5.74) is 4.45. The van der Waals surface area contributed by atoms with Crippen molar-refractivity contribution in [3.8, 4) is 22.5 Å². The lowest BCUT2D eigenvalue weighted by molar-refractivity contribution is 0.628. The summed E-state index contributed by atoms with van der Waals surface area (Å²) in [5.74, 6) is -0.252. The van der Waals surface area contributed by atoms with E-state index in [-0.39, 0.29) is 5.82 Å². The predicted molar refractivity (Wildman–Crippen MR) is 83.8 cm³/mol. The Kier molecular flexibility index (Phi) is 2.93. The van der Waals surface area contributed by atoms with Crippen molar-refractivity contribution in [2.24, 2.45) is 0 Å². The summed E-state index contributed by atoms with van der Waals surface area (Å²) >= 11 is 0. The molecule has 4 heteroatoms. The van der Waals surface area contributed by atoms with Gasteiger partial charge in [0.05, 0.1) is 17.6 Å². The molecule has 0 aliphatic carbocycles. The van der Waals surface area contributed by atoms with Crippen LogP contribution in [0, 0.1) is 5.82 Å². The SMILES string of the molecule is Fc1ccc(-c2cc(-c3ccccc3)nc3ccnn23)cc1. The molecule has 0 aliphatic rings. The van der Waals surface area contributed by atoms with Crippen molar-refractivity contribution >= 4 is 5.65 Å². The Morgan fingerprint density at radius 2 is 1.59 bits per heavy atom. The highest BCUT2D eigenvalue weighted by Crippen LogP contribution is 2.26. The Balaban J connectivity index is 1.97. The van der Waals surface area contributed by atoms with E-state index in [1.165, 1.54) is 12.1 Å². The van der Waals surface area contributed by atoms with E-state index in [0.717, 1.165) is 28.2 Å². The lowest BCUT2D eigenvalue weighted by Gasteiger charge is -2.08. The van der Waals surface area contributed by atoms with Gasteiger partial charge in [0.25, 0.3) is 0 Å². The van der Waals surface area contributed by atoms with Crippen LogP contribution in [0.15, 0.2) is 72.9 Å². The van der Waals surface area contributed by atoms with Crippen LogP contribution in [0.25, 0.3) is 28.2 Å². The van der Waals surface area contributed by atoms with Crippen LogP contribution < -0.4 is 0 Å². The molecule has 0 spiro atoms. The minimum Gasteiger partial charge on any atom is -0.228 e. The summed E-state index contributed by atoms with van der Waals surface area (Å²) in [4.78, 5) is 4.64. The smallest absolute Gasteiger partial charge is 0.156 e. The molecule has 0 bridgehead atoms. The van der Waals surface area contributed by atoms with Crippen molar-refractivity contribution in [2.45, 2.75) is 0 Å². The van der Waals surface area contributed by atoms with E-state index in [0.29, 0.717) is 0 Å². The normalized spacial score (nSPS) is 11.0. The fourth-order valence-corrected chi connectivity index (χ4v) is 2.50. The summed E-state index contributed by atoms with van der Waals surface area (Å²) in [5, 5.41) is 4.31. The number of hydrogen-bond donors (Lipinski definition) is 0. The Morgan fingerprint density at radius 1 is 0.818 bits per heavy atom. The topological polar surface area (TPSA) is 30.2 Å². The lowest BCUT2D eigenvalue weighted by Crippen LogP contribution is -1.98. The number of nitrogens with zero attached hydrogens (tertiary/aromatic N) is 3. The zero-order valence-corrected chi connectivity index (χ0v) is 11.6. The molecule has 2 aromatic heterocycles. The molecule has 22 heavy (non-hydrogen) atoms. The molecule has 2 heterocycles. The van der Waals surface area contributed by atoms with Crippen LogP contribution in [-0.2, 0) is 0 Å². The van der Waals surface area contributed by atoms with Crippen LogP contribution in [-0.4, -0.2) is 14.6 Å². The molecule has 0 unspecified atom stereocenters. The molecule has 4 rings (SSSR count). The number of benzene rings is 2. The molecular formula is C18H12FN3. The van der Waals surface area contributed by atoms with Crippen LogP contribution >= 0.6 is 0 Å². The first-order chi connectivity index (χ1) is 10.8. The van der Waals surface area contributed by atoms with Crippen LogP contribution in [0.1, 0.15) is 0 Å². The molecule has 0 aliphatic heterocycles. The van der Waals surface area contributed by atoms with Crippen LogP contribution in [0.2, 0.25) is 0 Å². The van der Waals surface area contributed by atoms with Gasteiger partial charge in [-0.15, -0.1) is 0 Å². The van der Waals surface area contributed by atoms with Crippen LogP contribution in [0.5, 0.6) is 0 Å². The Morgan fingerprint density at radius 3 is 2.36 bits per heavy atom. The zero-order valence-electron chi connectivity index (χ0n) is 11.6. The van der Waals surface area contributed by atoms with E-state index in [4.69, 9.17) is 0 Å². The zero-order chi connectivity index (χ0) is 14.9. The van der Waals surface area contributed by atoms with Gasteiger partial charge in [-0.2, -0.15) is 5.10 Å². The highest BCUT2D eigenvalue weighted by atomic mass is 19.1. The van der Waals surface area contributed by atoms with Gasteiger partial charge in [0.15, 0.2) is 5.65 Å². The van der Waals surface area contributed by atoms with Crippen molar-refractivity contribution in [2.75, 3.05) is 0 Å². The van der Waals surface area contributed by atoms with Gasteiger partial charge >= 0.3 is 0 Å². The molecule has 0 amide bonds. The fraction of sp³-hybridized carbons (Fsp3) is 0. The summed E-state index contributed by atoms with van der Waals surface area (Å²) in [6, 6.07) is 20.2. The van der Waals surface area contributed by atoms with E-state index in [2.05, 4.69) is 10.1 Å². The molecule has 0 radical (unpaired) electrons. The van der Waals surface area contributed by atoms with Crippen molar-refractivity contribution in [3.05, 3.63) is 78.7 Å². The van der Waals surface area contributed by atoms with Crippen LogP contribution in [0.4, 0.5) is 4.39 Å². The molecule has 0 saturated heterocycles. The first kappa shape index (κ1) is 12.7. The van der Waals surface area contributed by atoms with Gasteiger partial charge in [-0.05, 0) is 30.3 Å². The van der Waals surface area contributed by atoms with Crippen molar-refractivity contribution in [3.63, 3.8) is 0 Å². The molecule has 106 valence electrons. The third-order valence-electron chi connectivity index (χ3n) is 3.57. The summed E-state index contributed by atoms with van der Waals surface area (Å²) < 4.78 is 14.9. The number of halogens is 1. The molecular weight excluding hydrogens is 277 g/mol. The van der Waals surface area contributed by atoms with E-state index in [1.54, 1.807) is 22.8 Å². The summed E-state index contributed by atoms with van der Waals surface area (Å²) in [6.45, 7) is 0. The molecule has 3 nitrogen and oxygen atoms in total. The second-order valence-corrected chi connectivity index (χ2v) is 5.00. The third kappa shape index (κ3) is 2.15. The van der Waals surface area contributed by atoms with E-state index in [9.17, 15) is 4.39 Å². The van der Waals surface area contributed by atoms with Gasteiger partial charge < -0.3 is 0 Å². The monoisotopic (exact) mass is 289 g/mol. The minimum absolute atomic E-state index is 0.252. The van der Waals surface area contributed by atoms with Crippen molar-refractivity contribution < 1.29 is 4.39 Å². The minimum atomic E-state index is -0.252. The highest BCUT2D eigenvalue weighted by Gasteiger charge is 2.10. The first-order valence-electron chi connectivity index (χ1n) is 6.97. The highest BCUT2D eigenvalue weighted by molar-refractivity contribution is 5.71. The molecule has 0 N–H and O–H groups in total. The van der Waals surface area contributed by atoms with Gasteiger partial charge in [-0.1, -0.05) is 30.3 Å². The third-order valence-corrected chi connectivity index (χ3v) is 3.57. The van der Waals surface area contributed by atoms with Gasteiger partial charge in [0.1, 0.15) is 5.82 Å². The standard InChI is InChI=1S/C18H12FN3/c19-15-8-6-14(7-9-15)17-12-16(13-4-2-1-3-5-13)21-18-10-11-20-22(17)18/h1-12H. The van der Waals surface area contributed by atoms with Gasteiger partial charge in [-0.3, -0.25) is 0 Å². The first-order valence-corrected chi connectivity index (χ1v) is 6.97. The quantitative estimate of drug-likeness (QED) is 0.553. The predicted octanol–water partition coefficient (Wildman–Crippen LogP) is 4.20. The van der Waals surface area contributed by atoms with E-state index >= 15 is 0 Å². The average molecular weight is 289 g/mol. The molecule has 0 atom stereocenters. The number of hydrogen-bond acceptors (Lipinski definition) is 2. The van der Waals surface area contributed by atoms with Crippen molar-refractivity contribution in [1.29, 1.82) is 0 Å². The second kappa shape index (κ2) is 5.07. The number of fused-ring (bicyclic) bond motifs is 1. The maximum atomic E-state index is 13.2. The Hall–Kier alpha value is -3.01. The van der Waals surface area contributed by atoms with Crippen LogP contribution in [0.3, 0.4) is 0 Å². The largest absolute Gasteiger partial charge is 0.228 e. The fourth-order valence-electron chi connectivity index (χ4n) is 2.50. The molecule has 0 fully saturated rings. The van der Waals surface area contributed by atoms with Crippen molar-refractivity contribution in [1.82, 2.24) is 14.6 Å². The molecule has 2 aromatic carbocycles. The second-order valence-electron chi connectivity index (χ2n) is 5.00. The lowest BCUT2D eigenvalue weighted by atomic mass is 10.1. The Labute approximate surface area is 126 Å². The maximum Gasteiger partial charge on any atom is 0.156 e. The van der Waals surface area contributed by atoms with Gasteiger partial charge in [0.2, 0.25) is 0 Å². The maximum absolute atomic E-state index is 13.2. The number of rotatable bonds is 2. The Bertz CT molecular complexity index is 928. The van der Waals surface area contributed by atoms with E-state index < -0.39 is 0 Å². The average Bonchev–Trinajstić information content (AvgIpc) is 3.04. The van der Waals surface area contributed by atoms with E-state index in [1.807, 2.05) is 42.5 Å². The summed E-state index contributed by atoms with van der Waals surface area (Å²) in [6.07, 6.45) is 1.71. The molecule has 0 saturated carbocycles. The summed E-state index contributed by atoms with van der Waals surface area (Å²) in [7, 11) is 0.